The van der Waals surface area contributed by atoms with Crippen molar-refractivity contribution in [1.29, 1.82) is 0 Å². The van der Waals surface area contributed by atoms with Crippen molar-refractivity contribution in [2.24, 2.45) is 4.99 Å². The first-order valence-electron chi connectivity index (χ1n) is 7.83. The van der Waals surface area contributed by atoms with E-state index in [1.54, 1.807) is 18.4 Å². The van der Waals surface area contributed by atoms with Crippen LogP contribution >= 0.6 is 35.3 Å². The van der Waals surface area contributed by atoms with Gasteiger partial charge in [0.15, 0.2) is 11.7 Å². The molecular formula is C18H21IN4OS. The largest absolute Gasteiger partial charge is 0.356 e. The summed E-state index contributed by atoms with van der Waals surface area (Å²) in [7, 11) is 1.76. The summed E-state index contributed by atoms with van der Waals surface area (Å²) >= 11 is 1.77. The molecule has 0 radical (unpaired) electrons. The second kappa shape index (κ2) is 10.2. The van der Waals surface area contributed by atoms with Crippen molar-refractivity contribution in [1.82, 2.24) is 15.8 Å². The maximum absolute atomic E-state index is 5.40. The first kappa shape index (κ1) is 19.5. The Morgan fingerprint density at radius 3 is 2.72 bits per heavy atom. The van der Waals surface area contributed by atoms with Crippen LogP contribution in [-0.2, 0) is 13.0 Å². The summed E-state index contributed by atoms with van der Waals surface area (Å²) in [6.07, 6.45) is 0.987. The fourth-order valence-corrected chi connectivity index (χ4v) is 3.00. The van der Waals surface area contributed by atoms with Gasteiger partial charge in [0.2, 0.25) is 0 Å². The predicted octanol–water partition coefficient (Wildman–Crippen LogP) is 3.93. The van der Waals surface area contributed by atoms with Crippen molar-refractivity contribution in [3.63, 3.8) is 0 Å². The summed E-state index contributed by atoms with van der Waals surface area (Å²) in [5.41, 5.74) is 1.87. The number of nitrogens with zero attached hydrogens (tertiary/aromatic N) is 2. The van der Waals surface area contributed by atoms with Gasteiger partial charge >= 0.3 is 0 Å². The number of guanidine groups is 1. The molecule has 0 aliphatic heterocycles. The Labute approximate surface area is 168 Å². The van der Waals surface area contributed by atoms with E-state index in [-0.39, 0.29) is 24.0 Å². The predicted molar refractivity (Wildman–Crippen MR) is 114 cm³/mol. The summed E-state index contributed by atoms with van der Waals surface area (Å²) in [5.74, 6) is 1.53. The van der Waals surface area contributed by atoms with Gasteiger partial charge in [0.05, 0.1) is 6.54 Å². The molecule has 0 fully saturated rings. The van der Waals surface area contributed by atoms with Gasteiger partial charge in [-0.1, -0.05) is 41.6 Å². The van der Waals surface area contributed by atoms with Crippen LogP contribution < -0.4 is 10.6 Å². The Balaban J connectivity index is 0.00000225. The van der Waals surface area contributed by atoms with Crippen LogP contribution in [0.15, 0.2) is 63.4 Å². The molecule has 7 heteroatoms. The van der Waals surface area contributed by atoms with Gasteiger partial charge in [0.1, 0.15) is 5.69 Å². The van der Waals surface area contributed by atoms with Crippen LogP contribution in [0.3, 0.4) is 0 Å². The molecule has 2 N–H and O–H groups in total. The molecule has 132 valence electrons. The summed E-state index contributed by atoms with van der Waals surface area (Å²) < 4.78 is 5.40. The number of hydrogen-bond acceptors (Lipinski definition) is 4. The van der Waals surface area contributed by atoms with Crippen molar-refractivity contribution >= 4 is 41.3 Å². The molecule has 2 heterocycles. The number of halogens is 1. The van der Waals surface area contributed by atoms with E-state index in [2.05, 4.69) is 38.3 Å². The lowest BCUT2D eigenvalue weighted by molar-refractivity contribution is 0.422. The van der Waals surface area contributed by atoms with Crippen molar-refractivity contribution in [2.75, 3.05) is 13.6 Å². The third-order valence-corrected chi connectivity index (χ3v) is 4.46. The van der Waals surface area contributed by atoms with Gasteiger partial charge in [-0.05, 0) is 17.9 Å². The fourth-order valence-electron chi connectivity index (χ4n) is 2.29. The topological polar surface area (TPSA) is 62.5 Å². The molecule has 0 saturated carbocycles. The molecule has 0 unspecified atom stereocenters. The molecule has 0 amide bonds. The number of rotatable bonds is 6. The number of aliphatic imine (C=N–C) groups is 1. The molecule has 1 aromatic carbocycles. The zero-order valence-electron chi connectivity index (χ0n) is 13.9. The zero-order chi connectivity index (χ0) is 16.6. The fraction of sp³-hybridized carbons (Fsp3) is 0.222. The summed E-state index contributed by atoms with van der Waals surface area (Å²) in [6.45, 7) is 1.41. The van der Waals surface area contributed by atoms with Crippen LogP contribution in [0.25, 0.3) is 11.3 Å². The molecule has 0 spiro atoms. The lowest BCUT2D eigenvalue weighted by Gasteiger charge is -2.10. The Hall–Kier alpha value is -1.87. The molecule has 0 aliphatic carbocycles. The molecule has 3 aromatic rings. The zero-order valence-corrected chi connectivity index (χ0v) is 17.1. The van der Waals surface area contributed by atoms with Gasteiger partial charge in [-0.2, -0.15) is 0 Å². The Kier molecular flexibility index (Phi) is 7.93. The van der Waals surface area contributed by atoms with E-state index >= 15 is 0 Å². The minimum absolute atomic E-state index is 0. The molecule has 3 rings (SSSR count). The van der Waals surface area contributed by atoms with E-state index in [0.29, 0.717) is 6.54 Å². The third-order valence-electron chi connectivity index (χ3n) is 3.52. The van der Waals surface area contributed by atoms with Crippen molar-refractivity contribution < 1.29 is 4.52 Å². The summed E-state index contributed by atoms with van der Waals surface area (Å²) in [6, 6.07) is 16.1. The summed E-state index contributed by atoms with van der Waals surface area (Å²) in [5, 5.41) is 12.7. The summed E-state index contributed by atoms with van der Waals surface area (Å²) in [4.78, 5) is 5.59. The molecular weight excluding hydrogens is 447 g/mol. The molecule has 5 nitrogen and oxygen atoms in total. The highest BCUT2D eigenvalue weighted by Gasteiger charge is 2.07. The van der Waals surface area contributed by atoms with Crippen LogP contribution in [0.2, 0.25) is 0 Å². The van der Waals surface area contributed by atoms with Crippen molar-refractivity contribution in [3.8, 4) is 11.3 Å². The van der Waals surface area contributed by atoms with Gasteiger partial charge in [-0.3, -0.25) is 4.99 Å². The van der Waals surface area contributed by atoms with Crippen LogP contribution in [0.4, 0.5) is 0 Å². The normalized spacial score (nSPS) is 11.0. The van der Waals surface area contributed by atoms with E-state index in [0.717, 1.165) is 35.9 Å². The average Bonchev–Trinajstić information content (AvgIpc) is 3.30. The van der Waals surface area contributed by atoms with Crippen LogP contribution in [0.5, 0.6) is 0 Å². The minimum atomic E-state index is 0. The van der Waals surface area contributed by atoms with Gasteiger partial charge in [0.25, 0.3) is 0 Å². The van der Waals surface area contributed by atoms with Crippen molar-refractivity contribution in [2.45, 2.75) is 13.0 Å². The van der Waals surface area contributed by atoms with E-state index in [4.69, 9.17) is 4.52 Å². The molecule has 2 aromatic heterocycles. The quantitative estimate of drug-likeness (QED) is 0.327. The number of thiophene rings is 1. The second-order valence-electron chi connectivity index (χ2n) is 5.23. The third kappa shape index (κ3) is 5.86. The number of aromatic nitrogens is 1. The minimum Gasteiger partial charge on any atom is -0.356 e. The highest BCUT2D eigenvalue weighted by Crippen LogP contribution is 2.19. The van der Waals surface area contributed by atoms with E-state index < -0.39 is 0 Å². The van der Waals surface area contributed by atoms with Crippen LogP contribution in [0, 0.1) is 0 Å². The Bertz CT molecular complexity index is 771. The van der Waals surface area contributed by atoms with E-state index in [9.17, 15) is 0 Å². The maximum atomic E-state index is 5.40. The van der Waals surface area contributed by atoms with Crippen molar-refractivity contribution in [3.05, 3.63) is 64.5 Å². The molecule has 0 atom stereocenters. The first-order chi connectivity index (χ1) is 11.8. The molecule has 25 heavy (non-hydrogen) atoms. The van der Waals surface area contributed by atoms with E-state index in [1.807, 2.05) is 36.4 Å². The lowest BCUT2D eigenvalue weighted by atomic mass is 10.2. The van der Waals surface area contributed by atoms with Gasteiger partial charge in [-0.15, -0.1) is 35.3 Å². The average molecular weight is 468 g/mol. The van der Waals surface area contributed by atoms with Crippen LogP contribution in [0.1, 0.15) is 10.6 Å². The highest BCUT2D eigenvalue weighted by molar-refractivity contribution is 14.0. The smallest absolute Gasteiger partial charge is 0.191 e. The van der Waals surface area contributed by atoms with E-state index in [1.165, 1.54) is 4.88 Å². The number of benzene rings is 1. The standard InChI is InChI=1S/C18H20N4OS.HI/c1-19-18(20-10-9-16-8-5-11-24-16)21-13-15-12-17(23-22-15)14-6-3-2-4-7-14;/h2-8,11-12H,9-10,13H2,1H3,(H2,19,20,21);1H. The van der Waals surface area contributed by atoms with Gasteiger partial charge < -0.3 is 15.2 Å². The Morgan fingerprint density at radius 1 is 1.16 bits per heavy atom. The van der Waals surface area contributed by atoms with Crippen LogP contribution in [-0.4, -0.2) is 24.7 Å². The Morgan fingerprint density at radius 2 is 2.00 bits per heavy atom. The molecule has 0 saturated heterocycles. The SMILES string of the molecule is CN=C(NCCc1cccs1)NCc1cc(-c2ccccc2)on1.I. The first-order valence-corrected chi connectivity index (χ1v) is 8.71. The highest BCUT2D eigenvalue weighted by atomic mass is 127. The lowest BCUT2D eigenvalue weighted by Crippen LogP contribution is -2.37. The van der Waals surface area contributed by atoms with Gasteiger partial charge in [-0.25, -0.2) is 0 Å². The number of hydrogen-bond donors (Lipinski definition) is 2. The maximum Gasteiger partial charge on any atom is 0.191 e. The number of nitrogens with one attached hydrogen (secondary N) is 2. The second-order valence-corrected chi connectivity index (χ2v) is 6.26. The monoisotopic (exact) mass is 468 g/mol. The molecule has 0 aliphatic rings. The van der Waals surface area contributed by atoms with Gasteiger partial charge in [0, 0.05) is 30.1 Å². The molecule has 0 bridgehead atoms.